The van der Waals surface area contributed by atoms with Gasteiger partial charge in [0.2, 0.25) is 5.88 Å². The fraction of sp³-hybridized carbons (Fsp3) is 0.444. The summed E-state index contributed by atoms with van der Waals surface area (Å²) >= 11 is 0. The topological polar surface area (TPSA) is 57.4 Å². The second-order valence-electron chi connectivity index (χ2n) is 2.79. The van der Waals surface area contributed by atoms with E-state index in [2.05, 4.69) is 9.82 Å². The van der Waals surface area contributed by atoms with Gasteiger partial charge in [0.1, 0.15) is 0 Å². The van der Waals surface area contributed by atoms with Gasteiger partial charge in [0.15, 0.2) is 0 Å². The molecule has 0 aliphatic heterocycles. The fourth-order valence-corrected chi connectivity index (χ4v) is 1.15. The number of hydrogen-bond acceptors (Lipinski definition) is 4. The predicted molar refractivity (Wildman–Crippen MR) is 49.4 cm³/mol. The second-order valence-corrected chi connectivity index (χ2v) is 2.79. The summed E-state index contributed by atoms with van der Waals surface area (Å²) in [6.45, 7) is 2.46. The van der Waals surface area contributed by atoms with Crippen LogP contribution in [-0.2, 0) is 11.3 Å². The lowest BCUT2D eigenvalue weighted by Gasteiger charge is -2.05. The number of pyridine rings is 1. The van der Waals surface area contributed by atoms with E-state index in [1.54, 1.807) is 13.3 Å². The van der Waals surface area contributed by atoms with E-state index in [0.29, 0.717) is 12.5 Å². The van der Waals surface area contributed by atoms with Gasteiger partial charge < -0.3 is 9.57 Å². The fourth-order valence-electron chi connectivity index (χ4n) is 1.15. The molecule has 1 heterocycles. The molecule has 72 valence electrons. The van der Waals surface area contributed by atoms with Crippen molar-refractivity contribution in [2.24, 2.45) is 5.90 Å². The van der Waals surface area contributed by atoms with Gasteiger partial charge in [-0.05, 0) is 25.0 Å². The Bertz CT molecular complexity index is 276. The molecule has 2 N–H and O–H groups in total. The maximum atomic E-state index is 5.04. The number of aromatic nitrogens is 1. The SMILES string of the molecule is COc1ncc(CCON)cc1C. The van der Waals surface area contributed by atoms with Gasteiger partial charge in [0, 0.05) is 11.8 Å². The highest BCUT2D eigenvalue weighted by molar-refractivity contribution is 5.28. The first-order valence-corrected chi connectivity index (χ1v) is 4.09. The van der Waals surface area contributed by atoms with Crippen LogP contribution in [0.25, 0.3) is 0 Å². The summed E-state index contributed by atoms with van der Waals surface area (Å²) in [5, 5.41) is 0. The van der Waals surface area contributed by atoms with Gasteiger partial charge in [-0.1, -0.05) is 0 Å². The van der Waals surface area contributed by atoms with Gasteiger partial charge >= 0.3 is 0 Å². The van der Waals surface area contributed by atoms with Crippen LogP contribution in [0.4, 0.5) is 0 Å². The smallest absolute Gasteiger partial charge is 0.215 e. The van der Waals surface area contributed by atoms with Crippen molar-refractivity contribution in [2.75, 3.05) is 13.7 Å². The Balaban J connectivity index is 2.71. The van der Waals surface area contributed by atoms with Gasteiger partial charge in [-0.2, -0.15) is 0 Å². The van der Waals surface area contributed by atoms with Crippen LogP contribution in [0, 0.1) is 6.92 Å². The van der Waals surface area contributed by atoms with Crippen molar-refractivity contribution in [1.29, 1.82) is 0 Å². The van der Waals surface area contributed by atoms with Crippen LogP contribution >= 0.6 is 0 Å². The van der Waals surface area contributed by atoms with Crippen molar-refractivity contribution in [2.45, 2.75) is 13.3 Å². The summed E-state index contributed by atoms with van der Waals surface area (Å²) in [6.07, 6.45) is 2.54. The Morgan fingerprint density at radius 3 is 2.85 bits per heavy atom. The Kier molecular flexibility index (Phi) is 3.67. The van der Waals surface area contributed by atoms with Crippen molar-refractivity contribution in [1.82, 2.24) is 4.98 Å². The summed E-state index contributed by atoms with van der Waals surface area (Å²) in [5.41, 5.74) is 2.13. The van der Waals surface area contributed by atoms with E-state index in [-0.39, 0.29) is 0 Å². The van der Waals surface area contributed by atoms with E-state index in [1.807, 2.05) is 13.0 Å². The molecule has 0 amide bonds. The number of nitrogens with zero attached hydrogens (tertiary/aromatic N) is 1. The van der Waals surface area contributed by atoms with Crippen molar-refractivity contribution in [3.8, 4) is 5.88 Å². The monoisotopic (exact) mass is 182 g/mol. The summed E-state index contributed by atoms with van der Waals surface area (Å²) in [7, 11) is 1.61. The lowest BCUT2D eigenvalue weighted by atomic mass is 10.2. The first kappa shape index (κ1) is 9.95. The number of nitrogens with two attached hydrogens (primary N) is 1. The van der Waals surface area contributed by atoms with E-state index < -0.39 is 0 Å². The first-order valence-electron chi connectivity index (χ1n) is 4.09. The predicted octanol–water partition coefficient (Wildman–Crippen LogP) is 0.831. The number of rotatable bonds is 4. The van der Waals surface area contributed by atoms with Crippen LogP contribution in [0.5, 0.6) is 5.88 Å². The standard InChI is InChI=1S/C9H14N2O2/c1-7-5-8(3-4-13-10)6-11-9(7)12-2/h5-6H,3-4,10H2,1-2H3. The molecule has 0 fully saturated rings. The number of ether oxygens (including phenoxy) is 1. The zero-order valence-corrected chi connectivity index (χ0v) is 7.91. The molecule has 4 nitrogen and oxygen atoms in total. The summed E-state index contributed by atoms with van der Waals surface area (Å²) in [6, 6.07) is 2.02. The lowest BCUT2D eigenvalue weighted by molar-refractivity contribution is 0.141. The quantitative estimate of drug-likeness (QED) is 0.701. The molecule has 0 radical (unpaired) electrons. The third-order valence-electron chi connectivity index (χ3n) is 1.79. The Hall–Kier alpha value is -1.13. The third-order valence-corrected chi connectivity index (χ3v) is 1.79. The van der Waals surface area contributed by atoms with Crippen LogP contribution in [0.1, 0.15) is 11.1 Å². The zero-order chi connectivity index (χ0) is 9.68. The molecule has 1 aromatic rings. The van der Waals surface area contributed by atoms with Crippen LogP contribution in [0.15, 0.2) is 12.3 Å². The van der Waals surface area contributed by atoms with Gasteiger partial charge in [-0.3, -0.25) is 0 Å². The average Bonchev–Trinajstić information content (AvgIpc) is 2.15. The molecule has 0 aliphatic rings. The molecule has 1 aromatic heterocycles. The van der Waals surface area contributed by atoms with E-state index in [0.717, 1.165) is 17.5 Å². The van der Waals surface area contributed by atoms with Crippen LogP contribution in [0.3, 0.4) is 0 Å². The van der Waals surface area contributed by atoms with E-state index >= 15 is 0 Å². The van der Waals surface area contributed by atoms with Crippen molar-refractivity contribution >= 4 is 0 Å². The van der Waals surface area contributed by atoms with Crippen LogP contribution in [-0.4, -0.2) is 18.7 Å². The molecule has 0 bridgehead atoms. The highest BCUT2D eigenvalue weighted by Crippen LogP contribution is 2.14. The number of hydrogen-bond donors (Lipinski definition) is 1. The van der Waals surface area contributed by atoms with Crippen molar-refractivity contribution in [3.63, 3.8) is 0 Å². The van der Waals surface area contributed by atoms with E-state index in [4.69, 9.17) is 10.6 Å². The molecule has 0 aliphatic carbocycles. The second kappa shape index (κ2) is 4.79. The Morgan fingerprint density at radius 1 is 1.54 bits per heavy atom. The molecule has 13 heavy (non-hydrogen) atoms. The number of methoxy groups -OCH3 is 1. The first-order chi connectivity index (χ1) is 6.27. The van der Waals surface area contributed by atoms with Gasteiger partial charge in [-0.15, -0.1) is 0 Å². The molecule has 0 unspecified atom stereocenters. The minimum absolute atomic E-state index is 0.507. The van der Waals surface area contributed by atoms with E-state index in [9.17, 15) is 0 Å². The molecule has 0 saturated heterocycles. The average molecular weight is 182 g/mol. The minimum Gasteiger partial charge on any atom is -0.481 e. The number of aryl methyl sites for hydroxylation is 1. The van der Waals surface area contributed by atoms with E-state index in [1.165, 1.54) is 0 Å². The van der Waals surface area contributed by atoms with Crippen molar-refractivity contribution < 1.29 is 9.57 Å². The van der Waals surface area contributed by atoms with Gasteiger partial charge in [0.25, 0.3) is 0 Å². The third kappa shape index (κ3) is 2.68. The highest BCUT2D eigenvalue weighted by atomic mass is 16.6. The largest absolute Gasteiger partial charge is 0.481 e. The Labute approximate surface area is 77.6 Å². The maximum Gasteiger partial charge on any atom is 0.215 e. The Morgan fingerprint density at radius 2 is 2.31 bits per heavy atom. The summed E-state index contributed by atoms with van der Waals surface area (Å²) in [4.78, 5) is 8.61. The van der Waals surface area contributed by atoms with Gasteiger partial charge in [-0.25, -0.2) is 10.9 Å². The summed E-state index contributed by atoms with van der Waals surface area (Å²) in [5.74, 6) is 5.59. The maximum absolute atomic E-state index is 5.04. The molecule has 0 atom stereocenters. The zero-order valence-electron chi connectivity index (χ0n) is 7.91. The van der Waals surface area contributed by atoms with Crippen LogP contribution in [0.2, 0.25) is 0 Å². The van der Waals surface area contributed by atoms with Crippen LogP contribution < -0.4 is 10.6 Å². The molecule has 1 rings (SSSR count). The summed E-state index contributed by atoms with van der Waals surface area (Å²) < 4.78 is 5.04. The molecule has 4 heteroatoms. The minimum atomic E-state index is 0.507. The molecular weight excluding hydrogens is 168 g/mol. The molecule has 0 spiro atoms. The lowest BCUT2D eigenvalue weighted by Crippen LogP contribution is -2.04. The molecular formula is C9H14N2O2. The highest BCUT2D eigenvalue weighted by Gasteiger charge is 2.00. The van der Waals surface area contributed by atoms with Gasteiger partial charge in [0.05, 0.1) is 13.7 Å². The molecule has 0 aromatic carbocycles. The molecule has 0 saturated carbocycles. The normalized spacial score (nSPS) is 10.1. The van der Waals surface area contributed by atoms with Crippen molar-refractivity contribution in [3.05, 3.63) is 23.4 Å².